The van der Waals surface area contributed by atoms with E-state index in [1.165, 1.54) is 32.5 Å². The molecule has 2 atom stereocenters. The second-order valence-corrected chi connectivity index (χ2v) is 6.22. The molecule has 2 saturated heterocycles. The van der Waals surface area contributed by atoms with Gasteiger partial charge in [-0.2, -0.15) is 0 Å². The molecular formula is C14H28ClN3O. The monoisotopic (exact) mass is 289 g/mol. The lowest BCUT2D eigenvalue weighted by Crippen LogP contribution is -2.45. The van der Waals surface area contributed by atoms with E-state index in [2.05, 4.69) is 4.90 Å². The van der Waals surface area contributed by atoms with Crippen LogP contribution in [-0.2, 0) is 4.79 Å². The number of likely N-dealkylation sites (tertiary alicyclic amines) is 2. The first-order chi connectivity index (χ1) is 8.58. The van der Waals surface area contributed by atoms with Gasteiger partial charge in [-0.1, -0.05) is 13.8 Å². The van der Waals surface area contributed by atoms with E-state index in [1.54, 1.807) is 0 Å². The van der Waals surface area contributed by atoms with Gasteiger partial charge >= 0.3 is 0 Å². The zero-order chi connectivity index (χ0) is 13.1. The Morgan fingerprint density at radius 2 is 1.89 bits per heavy atom. The number of carbonyl (C=O) groups excluding carboxylic acids is 1. The molecule has 0 saturated carbocycles. The van der Waals surface area contributed by atoms with Crippen molar-refractivity contribution in [3.8, 4) is 0 Å². The van der Waals surface area contributed by atoms with Crippen LogP contribution in [0, 0.1) is 11.8 Å². The van der Waals surface area contributed by atoms with Crippen molar-refractivity contribution >= 4 is 18.3 Å². The Hall–Kier alpha value is -0.320. The second-order valence-electron chi connectivity index (χ2n) is 6.22. The molecule has 4 nitrogen and oxygen atoms in total. The average Bonchev–Trinajstić information content (AvgIpc) is 2.99. The summed E-state index contributed by atoms with van der Waals surface area (Å²) in [6.45, 7) is 9.50. The van der Waals surface area contributed by atoms with Gasteiger partial charge in [0.15, 0.2) is 0 Å². The van der Waals surface area contributed by atoms with Gasteiger partial charge in [0.1, 0.15) is 0 Å². The quantitative estimate of drug-likeness (QED) is 0.850. The van der Waals surface area contributed by atoms with E-state index in [9.17, 15) is 4.79 Å². The van der Waals surface area contributed by atoms with Gasteiger partial charge in [0.05, 0.1) is 6.04 Å². The third kappa shape index (κ3) is 4.33. The highest BCUT2D eigenvalue weighted by atomic mass is 35.5. The summed E-state index contributed by atoms with van der Waals surface area (Å²) >= 11 is 0. The van der Waals surface area contributed by atoms with Crippen molar-refractivity contribution < 1.29 is 4.79 Å². The van der Waals surface area contributed by atoms with Crippen LogP contribution in [0.1, 0.15) is 33.1 Å². The fraction of sp³-hybridized carbons (Fsp3) is 0.929. The molecule has 0 bridgehead atoms. The maximum absolute atomic E-state index is 12.2. The van der Waals surface area contributed by atoms with E-state index in [0.717, 1.165) is 19.5 Å². The number of halogens is 1. The standard InChI is InChI=1S/C14H27N3O.ClH/c1-11(2)13(15)14(18)17-8-5-12(10-17)9-16-6-3-4-7-16;/h11-13H,3-10,15H2,1-2H3;1H/t12?,13-;/m0./s1. The van der Waals surface area contributed by atoms with Crippen molar-refractivity contribution in [2.75, 3.05) is 32.7 Å². The summed E-state index contributed by atoms with van der Waals surface area (Å²) in [4.78, 5) is 16.7. The maximum atomic E-state index is 12.2. The molecule has 2 N–H and O–H groups in total. The van der Waals surface area contributed by atoms with Crippen LogP contribution in [0.15, 0.2) is 0 Å². The molecule has 1 unspecified atom stereocenters. The lowest BCUT2D eigenvalue weighted by atomic mass is 10.0. The van der Waals surface area contributed by atoms with E-state index in [-0.39, 0.29) is 30.3 Å². The van der Waals surface area contributed by atoms with Crippen LogP contribution in [0.2, 0.25) is 0 Å². The van der Waals surface area contributed by atoms with Crippen molar-refractivity contribution in [3.63, 3.8) is 0 Å². The first-order valence-corrected chi connectivity index (χ1v) is 7.34. The second kappa shape index (κ2) is 7.46. The number of hydrogen-bond donors (Lipinski definition) is 1. The molecule has 112 valence electrons. The topological polar surface area (TPSA) is 49.6 Å². The Kier molecular flexibility index (Phi) is 6.57. The predicted octanol–water partition coefficient (Wildman–Crippen LogP) is 1.34. The minimum atomic E-state index is -0.324. The molecule has 0 spiro atoms. The van der Waals surface area contributed by atoms with Gasteiger partial charge in [-0.3, -0.25) is 4.79 Å². The van der Waals surface area contributed by atoms with Crippen molar-refractivity contribution in [1.82, 2.24) is 9.80 Å². The van der Waals surface area contributed by atoms with Gasteiger partial charge in [-0.25, -0.2) is 0 Å². The highest BCUT2D eigenvalue weighted by Gasteiger charge is 2.31. The molecule has 1 amide bonds. The normalized spacial score (nSPS) is 25.7. The van der Waals surface area contributed by atoms with Crippen LogP contribution in [0.4, 0.5) is 0 Å². The van der Waals surface area contributed by atoms with Crippen molar-refractivity contribution in [3.05, 3.63) is 0 Å². The molecule has 2 heterocycles. The van der Waals surface area contributed by atoms with Crippen LogP contribution in [-0.4, -0.2) is 54.5 Å². The van der Waals surface area contributed by atoms with Crippen LogP contribution in [0.3, 0.4) is 0 Å². The molecule has 0 radical (unpaired) electrons. The summed E-state index contributed by atoms with van der Waals surface area (Å²) in [6.07, 6.45) is 3.83. The lowest BCUT2D eigenvalue weighted by Gasteiger charge is -2.24. The Morgan fingerprint density at radius 1 is 1.26 bits per heavy atom. The Morgan fingerprint density at radius 3 is 2.47 bits per heavy atom. The van der Waals surface area contributed by atoms with Gasteiger partial charge in [0.2, 0.25) is 5.91 Å². The van der Waals surface area contributed by atoms with Crippen molar-refractivity contribution in [1.29, 1.82) is 0 Å². The van der Waals surface area contributed by atoms with Crippen LogP contribution < -0.4 is 5.73 Å². The number of carbonyl (C=O) groups is 1. The van der Waals surface area contributed by atoms with E-state index in [0.29, 0.717) is 5.92 Å². The smallest absolute Gasteiger partial charge is 0.239 e. The van der Waals surface area contributed by atoms with E-state index in [4.69, 9.17) is 5.73 Å². The third-order valence-corrected chi connectivity index (χ3v) is 4.32. The molecule has 0 aromatic rings. The molecule has 19 heavy (non-hydrogen) atoms. The van der Waals surface area contributed by atoms with Gasteiger partial charge in [-0.05, 0) is 44.2 Å². The van der Waals surface area contributed by atoms with Gasteiger partial charge in [0, 0.05) is 19.6 Å². The first-order valence-electron chi connectivity index (χ1n) is 7.34. The fourth-order valence-electron chi connectivity index (χ4n) is 3.01. The summed E-state index contributed by atoms with van der Waals surface area (Å²) in [5.74, 6) is 1.04. The third-order valence-electron chi connectivity index (χ3n) is 4.32. The zero-order valence-electron chi connectivity index (χ0n) is 12.2. The average molecular weight is 290 g/mol. The first kappa shape index (κ1) is 16.7. The van der Waals surface area contributed by atoms with Crippen LogP contribution in [0.5, 0.6) is 0 Å². The predicted molar refractivity (Wildman–Crippen MR) is 80.4 cm³/mol. The number of amides is 1. The summed E-state index contributed by atoms with van der Waals surface area (Å²) in [5, 5.41) is 0. The van der Waals surface area contributed by atoms with Gasteiger partial charge in [0.25, 0.3) is 0 Å². The van der Waals surface area contributed by atoms with E-state index >= 15 is 0 Å². The molecule has 0 aromatic carbocycles. The molecule has 2 fully saturated rings. The van der Waals surface area contributed by atoms with Gasteiger partial charge < -0.3 is 15.5 Å². The molecule has 2 rings (SSSR count). The minimum absolute atomic E-state index is 0. The Bertz CT molecular complexity index is 292. The molecule has 0 aromatic heterocycles. The SMILES string of the molecule is CC(C)[C@H](N)C(=O)N1CCC(CN2CCCC2)C1.Cl. The molecule has 0 aliphatic carbocycles. The highest BCUT2D eigenvalue weighted by molar-refractivity contribution is 5.85. The molecule has 2 aliphatic rings. The highest BCUT2D eigenvalue weighted by Crippen LogP contribution is 2.21. The zero-order valence-corrected chi connectivity index (χ0v) is 13.0. The summed E-state index contributed by atoms with van der Waals surface area (Å²) < 4.78 is 0. The molecule has 5 heteroatoms. The summed E-state index contributed by atoms with van der Waals surface area (Å²) in [7, 11) is 0. The Balaban J connectivity index is 0.00000180. The fourth-order valence-corrected chi connectivity index (χ4v) is 3.01. The Labute approximate surface area is 123 Å². The van der Waals surface area contributed by atoms with Crippen LogP contribution >= 0.6 is 12.4 Å². The lowest BCUT2D eigenvalue weighted by molar-refractivity contribution is -0.132. The van der Waals surface area contributed by atoms with Crippen molar-refractivity contribution in [2.45, 2.75) is 39.2 Å². The summed E-state index contributed by atoms with van der Waals surface area (Å²) in [6, 6.07) is -0.324. The molecular weight excluding hydrogens is 262 g/mol. The largest absolute Gasteiger partial charge is 0.341 e. The van der Waals surface area contributed by atoms with E-state index in [1.807, 2.05) is 18.7 Å². The number of nitrogens with two attached hydrogens (primary N) is 1. The van der Waals surface area contributed by atoms with Gasteiger partial charge in [-0.15, -0.1) is 12.4 Å². The number of rotatable bonds is 4. The van der Waals surface area contributed by atoms with Crippen LogP contribution in [0.25, 0.3) is 0 Å². The summed E-state index contributed by atoms with van der Waals surface area (Å²) in [5.41, 5.74) is 5.95. The number of hydrogen-bond acceptors (Lipinski definition) is 3. The minimum Gasteiger partial charge on any atom is -0.341 e. The maximum Gasteiger partial charge on any atom is 0.239 e. The van der Waals surface area contributed by atoms with Crippen molar-refractivity contribution in [2.24, 2.45) is 17.6 Å². The molecule has 2 aliphatic heterocycles. The van der Waals surface area contributed by atoms with E-state index < -0.39 is 0 Å². The number of nitrogens with zero attached hydrogens (tertiary/aromatic N) is 2.